The number of aryl methyl sites for hydroxylation is 1. The summed E-state index contributed by atoms with van der Waals surface area (Å²) < 4.78 is 9.57. The van der Waals surface area contributed by atoms with Crippen molar-refractivity contribution in [1.29, 1.82) is 0 Å². The van der Waals surface area contributed by atoms with Crippen LogP contribution >= 0.6 is 11.5 Å². The molecule has 10 heteroatoms. The zero-order valence-corrected chi connectivity index (χ0v) is 15.7. The van der Waals surface area contributed by atoms with Crippen molar-refractivity contribution in [1.82, 2.24) is 29.8 Å². The van der Waals surface area contributed by atoms with Crippen LogP contribution in [0.2, 0.25) is 0 Å². The van der Waals surface area contributed by atoms with Gasteiger partial charge in [-0.05, 0) is 31.3 Å². The first-order chi connectivity index (χ1) is 13.1. The van der Waals surface area contributed by atoms with Crippen molar-refractivity contribution >= 4 is 23.3 Å². The van der Waals surface area contributed by atoms with Gasteiger partial charge < -0.3 is 15.0 Å². The van der Waals surface area contributed by atoms with E-state index in [-0.39, 0.29) is 17.9 Å². The molecule has 4 heterocycles. The number of ether oxygens (including phenoxy) is 1. The number of nitrogens with zero attached hydrogens (tertiary/aromatic N) is 5. The van der Waals surface area contributed by atoms with E-state index in [0.29, 0.717) is 50.5 Å². The van der Waals surface area contributed by atoms with Gasteiger partial charge in [0.1, 0.15) is 0 Å². The largest absolute Gasteiger partial charge is 0.377 e. The molecule has 0 aromatic carbocycles. The highest BCUT2D eigenvalue weighted by molar-refractivity contribution is 7.03. The second-order valence-electron chi connectivity index (χ2n) is 6.90. The van der Waals surface area contributed by atoms with Crippen LogP contribution in [0.5, 0.6) is 0 Å². The van der Waals surface area contributed by atoms with Gasteiger partial charge >= 0.3 is 0 Å². The fourth-order valence-electron chi connectivity index (χ4n) is 3.72. The minimum Gasteiger partial charge on any atom is -0.377 e. The van der Waals surface area contributed by atoms with Gasteiger partial charge in [-0.2, -0.15) is 0 Å². The Balaban J connectivity index is 1.48. The van der Waals surface area contributed by atoms with Crippen molar-refractivity contribution in [3.05, 3.63) is 34.9 Å². The first kappa shape index (κ1) is 17.9. The highest BCUT2D eigenvalue weighted by atomic mass is 32.1. The molecule has 142 valence electrons. The molecule has 0 spiro atoms. The van der Waals surface area contributed by atoms with Crippen LogP contribution in [0.4, 0.5) is 0 Å². The molecule has 9 nitrogen and oxygen atoms in total. The number of hydrogen-bond acceptors (Lipinski definition) is 8. The molecule has 2 aliphatic rings. The van der Waals surface area contributed by atoms with E-state index in [9.17, 15) is 9.59 Å². The minimum absolute atomic E-state index is 0.110. The number of piperidine rings is 1. The fraction of sp³-hybridized carbons (Fsp3) is 0.529. The lowest BCUT2D eigenvalue weighted by atomic mass is 9.75. The molecule has 4 rings (SSSR count). The quantitative estimate of drug-likeness (QED) is 0.815. The zero-order valence-electron chi connectivity index (χ0n) is 14.9. The minimum atomic E-state index is -0.741. The van der Waals surface area contributed by atoms with E-state index in [1.54, 1.807) is 22.7 Å². The van der Waals surface area contributed by atoms with Crippen molar-refractivity contribution in [3.63, 3.8) is 0 Å². The molecule has 0 bridgehead atoms. The Morgan fingerprint density at radius 3 is 3.04 bits per heavy atom. The maximum absolute atomic E-state index is 13.1. The van der Waals surface area contributed by atoms with E-state index in [4.69, 9.17) is 4.74 Å². The van der Waals surface area contributed by atoms with Crippen LogP contribution < -0.4 is 5.32 Å². The second-order valence-corrected chi connectivity index (χ2v) is 7.51. The average Bonchev–Trinajstić information content (AvgIpc) is 3.36. The number of hydrogen-bond donors (Lipinski definition) is 1. The molecule has 27 heavy (non-hydrogen) atoms. The van der Waals surface area contributed by atoms with Gasteiger partial charge in [-0.1, -0.05) is 4.49 Å². The van der Waals surface area contributed by atoms with E-state index in [1.165, 1.54) is 0 Å². The van der Waals surface area contributed by atoms with Crippen molar-refractivity contribution in [2.75, 3.05) is 19.7 Å². The SMILES string of the molecule is Cc1cnc(CNC(=O)[C@@]23CCO[C@@H]2CCN(C(=O)c2csnn2)C3)cn1. The molecule has 0 aliphatic carbocycles. The van der Waals surface area contributed by atoms with Crippen LogP contribution in [0, 0.1) is 12.3 Å². The van der Waals surface area contributed by atoms with Gasteiger partial charge in [-0.15, -0.1) is 5.10 Å². The number of nitrogens with one attached hydrogen (secondary N) is 1. The van der Waals surface area contributed by atoms with E-state index >= 15 is 0 Å². The smallest absolute Gasteiger partial charge is 0.275 e. The maximum atomic E-state index is 13.1. The van der Waals surface area contributed by atoms with Crippen molar-refractivity contribution < 1.29 is 14.3 Å². The number of amides is 2. The van der Waals surface area contributed by atoms with Gasteiger partial charge in [0.2, 0.25) is 5.91 Å². The van der Waals surface area contributed by atoms with E-state index in [1.807, 2.05) is 6.92 Å². The molecular weight excluding hydrogens is 368 g/mol. The van der Waals surface area contributed by atoms with Gasteiger partial charge in [0.05, 0.1) is 35.6 Å². The Morgan fingerprint density at radius 2 is 2.30 bits per heavy atom. The summed E-state index contributed by atoms with van der Waals surface area (Å²) in [5.74, 6) is -0.299. The van der Waals surface area contributed by atoms with Crippen LogP contribution in [0.3, 0.4) is 0 Å². The third-order valence-corrected chi connectivity index (χ3v) is 5.71. The Labute approximate surface area is 160 Å². The highest BCUT2D eigenvalue weighted by Crippen LogP contribution is 2.41. The second kappa shape index (κ2) is 7.28. The predicted octanol–water partition coefficient (Wildman–Crippen LogP) is 0.574. The molecule has 2 aromatic heterocycles. The number of carbonyl (C=O) groups is 2. The molecule has 1 N–H and O–H groups in total. The Bertz CT molecular complexity index is 828. The van der Waals surface area contributed by atoms with Crippen molar-refractivity contribution in [3.8, 4) is 0 Å². The monoisotopic (exact) mass is 388 g/mol. The fourth-order valence-corrected chi connectivity index (χ4v) is 4.15. The van der Waals surface area contributed by atoms with Crippen LogP contribution in [-0.4, -0.2) is 62.1 Å². The van der Waals surface area contributed by atoms with Gasteiger partial charge in [0.15, 0.2) is 5.69 Å². The summed E-state index contributed by atoms with van der Waals surface area (Å²) in [5.41, 5.74) is 1.10. The lowest BCUT2D eigenvalue weighted by Gasteiger charge is -2.42. The number of aromatic nitrogens is 4. The molecule has 0 unspecified atom stereocenters. The van der Waals surface area contributed by atoms with Crippen LogP contribution in [-0.2, 0) is 16.1 Å². The molecule has 2 aromatic rings. The van der Waals surface area contributed by atoms with E-state index in [2.05, 4.69) is 24.9 Å². The number of fused-ring (bicyclic) bond motifs is 1. The highest BCUT2D eigenvalue weighted by Gasteiger charge is 2.54. The molecule has 2 fully saturated rings. The first-order valence-corrected chi connectivity index (χ1v) is 9.66. The summed E-state index contributed by atoms with van der Waals surface area (Å²) in [6.07, 6.45) is 4.36. The normalized spacial score (nSPS) is 24.5. The summed E-state index contributed by atoms with van der Waals surface area (Å²) in [6.45, 7) is 3.53. The topological polar surface area (TPSA) is 110 Å². The Morgan fingerprint density at radius 1 is 1.41 bits per heavy atom. The molecule has 2 aliphatic heterocycles. The van der Waals surface area contributed by atoms with Gasteiger partial charge in [0, 0.05) is 31.3 Å². The number of carbonyl (C=O) groups excluding carboxylic acids is 2. The lowest BCUT2D eigenvalue weighted by Crippen LogP contribution is -2.58. The van der Waals surface area contributed by atoms with Gasteiger partial charge in [-0.3, -0.25) is 19.6 Å². The standard InChI is InChI=1S/C17H20N6O3S/c1-11-6-19-12(7-18-11)8-20-16(25)17-3-5-26-14(17)2-4-23(10-17)15(24)13-9-27-22-21-13/h6-7,9,14H,2-5,8,10H2,1H3,(H,20,25)/t14-,17-/m1/s1. The third-order valence-electron chi connectivity index (χ3n) is 5.20. The van der Waals surface area contributed by atoms with Crippen LogP contribution in [0.15, 0.2) is 17.8 Å². The summed E-state index contributed by atoms with van der Waals surface area (Å²) >= 11 is 1.14. The maximum Gasteiger partial charge on any atom is 0.275 e. The Hall–Kier alpha value is -2.46. The van der Waals surface area contributed by atoms with Crippen molar-refractivity contribution in [2.45, 2.75) is 32.4 Å². The van der Waals surface area contributed by atoms with Crippen molar-refractivity contribution in [2.24, 2.45) is 5.41 Å². The Kier molecular flexibility index (Phi) is 4.83. The van der Waals surface area contributed by atoms with Crippen LogP contribution in [0.25, 0.3) is 0 Å². The summed E-state index contributed by atoms with van der Waals surface area (Å²) in [4.78, 5) is 35.9. The molecule has 0 radical (unpaired) electrons. The summed E-state index contributed by atoms with van der Waals surface area (Å²) in [5, 5.41) is 8.44. The number of rotatable bonds is 4. The summed E-state index contributed by atoms with van der Waals surface area (Å²) in [6, 6.07) is 0. The van der Waals surface area contributed by atoms with Gasteiger partial charge in [-0.25, -0.2) is 0 Å². The van der Waals surface area contributed by atoms with Gasteiger partial charge in [0.25, 0.3) is 5.91 Å². The lowest BCUT2D eigenvalue weighted by molar-refractivity contribution is -0.138. The van der Waals surface area contributed by atoms with Crippen LogP contribution in [0.1, 0.15) is 34.7 Å². The number of likely N-dealkylation sites (tertiary alicyclic amines) is 1. The molecule has 2 amide bonds. The van der Waals surface area contributed by atoms with E-state index < -0.39 is 5.41 Å². The molecule has 2 atom stereocenters. The zero-order chi connectivity index (χ0) is 18.9. The predicted molar refractivity (Wildman–Crippen MR) is 95.8 cm³/mol. The van der Waals surface area contributed by atoms with E-state index in [0.717, 1.165) is 17.2 Å². The first-order valence-electron chi connectivity index (χ1n) is 8.82. The third kappa shape index (κ3) is 3.42. The summed E-state index contributed by atoms with van der Waals surface area (Å²) in [7, 11) is 0. The molecule has 2 saturated heterocycles. The molecular formula is C17H20N6O3S. The average molecular weight is 388 g/mol. The molecule has 0 saturated carbocycles.